The highest BCUT2D eigenvalue weighted by molar-refractivity contribution is 7.92. The van der Waals surface area contributed by atoms with Crippen LogP contribution in [0.4, 0.5) is 5.69 Å². The predicted octanol–water partition coefficient (Wildman–Crippen LogP) is 4.33. The quantitative estimate of drug-likeness (QED) is 0.613. The first-order valence-electron chi connectivity index (χ1n) is 9.41. The van der Waals surface area contributed by atoms with Crippen LogP contribution >= 0.6 is 0 Å². The van der Waals surface area contributed by atoms with Gasteiger partial charge >= 0.3 is 0 Å². The van der Waals surface area contributed by atoms with Crippen molar-refractivity contribution >= 4 is 21.6 Å². The minimum atomic E-state index is -3.74. The molecule has 1 atom stereocenters. The van der Waals surface area contributed by atoms with Gasteiger partial charge in [0, 0.05) is 23.9 Å². The Kier molecular flexibility index (Phi) is 6.42. The summed E-state index contributed by atoms with van der Waals surface area (Å²) in [4.78, 5) is 14.8. The molecule has 0 aromatic heterocycles. The van der Waals surface area contributed by atoms with E-state index in [2.05, 4.69) is 4.72 Å². The second kappa shape index (κ2) is 9.00. The molecule has 30 heavy (non-hydrogen) atoms. The van der Waals surface area contributed by atoms with E-state index in [-0.39, 0.29) is 16.8 Å². The Hall–Kier alpha value is -3.32. The summed E-state index contributed by atoms with van der Waals surface area (Å²) in [5.74, 6) is 0.475. The minimum absolute atomic E-state index is 0.156. The van der Waals surface area contributed by atoms with Gasteiger partial charge in [-0.2, -0.15) is 0 Å². The molecule has 3 rings (SSSR count). The van der Waals surface area contributed by atoms with Crippen molar-refractivity contribution in [1.29, 1.82) is 0 Å². The summed E-state index contributed by atoms with van der Waals surface area (Å²) in [6, 6.07) is 21.8. The number of anilines is 1. The van der Waals surface area contributed by atoms with Crippen LogP contribution in [-0.4, -0.2) is 33.4 Å². The largest absolute Gasteiger partial charge is 0.496 e. The maximum atomic E-state index is 13.1. The molecule has 0 heterocycles. The van der Waals surface area contributed by atoms with Crippen LogP contribution in [0.2, 0.25) is 0 Å². The smallest absolute Gasteiger partial charge is 0.261 e. The maximum Gasteiger partial charge on any atom is 0.261 e. The number of sulfonamides is 1. The molecule has 0 saturated carbocycles. The molecular weight excluding hydrogens is 400 g/mol. The second-order valence-electron chi connectivity index (χ2n) is 6.83. The summed E-state index contributed by atoms with van der Waals surface area (Å²) in [6.45, 7) is 1.91. The Labute approximate surface area is 177 Å². The van der Waals surface area contributed by atoms with E-state index in [0.29, 0.717) is 17.0 Å². The number of para-hydroxylation sites is 1. The van der Waals surface area contributed by atoms with Crippen molar-refractivity contribution in [2.75, 3.05) is 18.9 Å². The number of hydrogen-bond acceptors (Lipinski definition) is 4. The third-order valence-corrected chi connectivity index (χ3v) is 6.30. The van der Waals surface area contributed by atoms with Gasteiger partial charge in [0.25, 0.3) is 15.9 Å². The summed E-state index contributed by atoms with van der Waals surface area (Å²) in [6.07, 6.45) is 0. The van der Waals surface area contributed by atoms with Crippen molar-refractivity contribution in [3.8, 4) is 5.75 Å². The number of nitrogens with zero attached hydrogens (tertiary/aromatic N) is 1. The van der Waals surface area contributed by atoms with Crippen LogP contribution in [0.1, 0.15) is 28.9 Å². The van der Waals surface area contributed by atoms with Crippen LogP contribution in [-0.2, 0) is 10.0 Å². The molecule has 1 unspecified atom stereocenters. The number of methoxy groups -OCH3 is 1. The molecule has 3 aromatic carbocycles. The highest BCUT2D eigenvalue weighted by Crippen LogP contribution is 2.29. The molecule has 7 heteroatoms. The lowest BCUT2D eigenvalue weighted by molar-refractivity contribution is 0.0741. The van der Waals surface area contributed by atoms with Crippen molar-refractivity contribution in [3.63, 3.8) is 0 Å². The summed E-state index contributed by atoms with van der Waals surface area (Å²) in [5.41, 5.74) is 1.59. The van der Waals surface area contributed by atoms with Gasteiger partial charge in [0.1, 0.15) is 5.75 Å². The van der Waals surface area contributed by atoms with Crippen molar-refractivity contribution < 1.29 is 17.9 Å². The number of carbonyl (C=O) groups is 1. The fourth-order valence-electron chi connectivity index (χ4n) is 3.13. The van der Waals surface area contributed by atoms with Crippen LogP contribution in [0.15, 0.2) is 83.8 Å². The van der Waals surface area contributed by atoms with Gasteiger partial charge in [-0.25, -0.2) is 8.42 Å². The Balaban J connectivity index is 1.82. The van der Waals surface area contributed by atoms with E-state index >= 15 is 0 Å². The first-order chi connectivity index (χ1) is 14.3. The summed E-state index contributed by atoms with van der Waals surface area (Å²) < 4.78 is 33.1. The highest BCUT2D eigenvalue weighted by atomic mass is 32.2. The van der Waals surface area contributed by atoms with Crippen LogP contribution in [0.5, 0.6) is 5.75 Å². The molecule has 3 aromatic rings. The van der Waals surface area contributed by atoms with E-state index in [4.69, 9.17) is 4.74 Å². The number of benzene rings is 3. The van der Waals surface area contributed by atoms with Crippen LogP contribution < -0.4 is 9.46 Å². The average molecular weight is 425 g/mol. The molecule has 0 aliphatic rings. The van der Waals surface area contributed by atoms with Gasteiger partial charge in [-0.15, -0.1) is 0 Å². The van der Waals surface area contributed by atoms with Crippen molar-refractivity contribution in [2.45, 2.75) is 17.9 Å². The molecule has 0 radical (unpaired) electrons. The Morgan fingerprint density at radius 3 is 2.33 bits per heavy atom. The third kappa shape index (κ3) is 4.63. The Morgan fingerprint density at radius 1 is 0.967 bits per heavy atom. The fourth-order valence-corrected chi connectivity index (χ4v) is 4.20. The van der Waals surface area contributed by atoms with Gasteiger partial charge in [-0.1, -0.05) is 42.5 Å². The minimum Gasteiger partial charge on any atom is -0.496 e. The standard InChI is InChI=1S/C23H24N2O4S/c1-17(21-14-7-8-15-22(21)29-3)25(2)23(26)18-10-9-11-19(16-18)24-30(27,28)20-12-5-4-6-13-20/h4-17,24H,1-3H3. The van der Waals surface area contributed by atoms with E-state index < -0.39 is 10.0 Å². The highest BCUT2D eigenvalue weighted by Gasteiger charge is 2.22. The summed E-state index contributed by atoms with van der Waals surface area (Å²) in [7, 11) is -0.434. The third-order valence-electron chi connectivity index (χ3n) is 4.91. The van der Waals surface area contributed by atoms with Crippen molar-refractivity contribution in [3.05, 3.63) is 90.0 Å². The Bertz CT molecular complexity index is 1130. The van der Waals surface area contributed by atoms with E-state index in [1.807, 2.05) is 31.2 Å². The van der Waals surface area contributed by atoms with Crippen LogP contribution in [0, 0.1) is 0 Å². The summed E-state index contributed by atoms with van der Waals surface area (Å²) in [5, 5.41) is 0. The molecule has 156 valence electrons. The lowest BCUT2D eigenvalue weighted by Crippen LogP contribution is -2.30. The predicted molar refractivity (Wildman–Crippen MR) is 117 cm³/mol. The molecular formula is C23H24N2O4S. The molecule has 0 aliphatic heterocycles. The van der Waals surface area contributed by atoms with Gasteiger partial charge < -0.3 is 9.64 Å². The Morgan fingerprint density at radius 2 is 1.63 bits per heavy atom. The normalized spacial score (nSPS) is 12.1. The van der Waals surface area contributed by atoms with Crippen molar-refractivity contribution in [2.24, 2.45) is 0 Å². The lowest BCUT2D eigenvalue weighted by atomic mass is 10.0. The number of rotatable bonds is 7. The summed E-state index contributed by atoms with van der Waals surface area (Å²) >= 11 is 0. The fraction of sp³-hybridized carbons (Fsp3) is 0.174. The van der Waals surface area contributed by atoms with Gasteiger partial charge in [0.15, 0.2) is 0 Å². The van der Waals surface area contributed by atoms with Gasteiger partial charge in [-0.05, 0) is 43.3 Å². The van der Waals surface area contributed by atoms with Gasteiger partial charge in [-0.3, -0.25) is 9.52 Å². The van der Waals surface area contributed by atoms with Crippen LogP contribution in [0.25, 0.3) is 0 Å². The maximum absolute atomic E-state index is 13.1. The molecule has 1 amide bonds. The van der Waals surface area contributed by atoms with Gasteiger partial charge in [0.2, 0.25) is 0 Å². The van der Waals surface area contributed by atoms with E-state index in [1.165, 1.54) is 18.2 Å². The first kappa shape index (κ1) is 21.4. The lowest BCUT2D eigenvalue weighted by Gasteiger charge is -2.27. The topological polar surface area (TPSA) is 75.7 Å². The number of ether oxygens (including phenoxy) is 1. The number of amides is 1. The second-order valence-corrected chi connectivity index (χ2v) is 8.52. The van der Waals surface area contributed by atoms with Gasteiger partial charge in [0.05, 0.1) is 18.0 Å². The zero-order valence-electron chi connectivity index (χ0n) is 17.1. The average Bonchev–Trinajstić information content (AvgIpc) is 2.78. The SMILES string of the molecule is COc1ccccc1C(C)N(C)C(=O)c1cccc(NS(=O)(=O)c2ccccc2)c1. The van der Waals surface area contributed by atoms with E-state index in [0.717, 1.165) is 5.56 Å². The zero-order valence-corrected chi connectivity index (χ0v) is 17.9. The first-order valence-corrected chi connectivity index (χ1v) is 10.9. The number of carbonyl (C=O) groups excluding carboxylic acids is 1. The number of nitrogens with one attached hydrogen (secondary N) is 1. The van der Waals surface area contributed by atoms with Crippen LogP contribution in [0.3, 0.4) is 0 Å². The van der Waals surface area contributed by atoms with Crippen molar-refractivity contribution in [1.82, 2.24) is 4.90 Å². The molecule has 0 fully saturated rings. The molecule has 6 nitrogen and oxygen atoms in total. The molecule has 0 aliphatic carbocycles. The molecule has 0 saturated heterocycles. The monoisotopic (exact) mass is 424 g/mol. The van der Waals surface area contributed by atoms with E-state index in [9.17, 15) is 13.2 Å². The zero-order chi connectivity index (χ0) is 21.7. The number of hydrogen-bond donors (Lipinski definition) is 1. The van der Waals surface area contributed by atoms with E-state index in [1.54, 1.807) is 55.5 Å². The molecule has 1 N–H and O–H groups in total. The molecule has 0 bridgehead atoms. The molecule has 0 spiro atoms.